The molecule has 1 heterocycles. The molecule has 0 saturated heterocycles. The summed E-state index contributed by atoms with van der Waals surface area (Å²) in [5.41, 5.74) is 1.01. The molecule has 0 bridgehead atoms. The van der Waals surface area contributed by atoms with E-state index in [0.717, 1.165) is 29.4 Å². The number of benzene rings is 1. The van der Waals surface area contributed by atoms with Crippen LogP contribution in [-0.4, -0.2) is 46.2 Å². The molecular weight excluding hydrogens is 336 g/mol. The Labute approximate surface area is 152 Å². The van der Waals surface area contributed by atoms with Crippen molar-refractivity contribution in [2.24, 2.45) is 0 Å². The predicted molar refractivity (Wildman–Crippen MR) is 98.5 cm³/mol. The molecule has 0 atom stereocenters. The summed E-state index contributed by atoms with van der Waals surface area (Å²) in [4.78, 5) is 12.2. The Kier molecular flexibility index (Phi) is 6.47. The van der Waals surface area contributed by atoms with Gasteiger partial charge in [-0.2, -0.15) is 0 Å². The largest absolute Gasteiger partial charge is 0.383 e. The van der Waals surface area contributed by atoms with E-state index in [1.807, 2.05) is 34.9 Å². The zero-order chi connectivity index (χ0) is 17.5. The number of ether oxygens (including phenoxy) is 1. The fourth-order valence-electron chi connectivity index (χ4n) is 3.05. The molecule has 2 aromatic rings. The lowest BCUT2D eigenvalue weighted by molar-refractivity contribution is -0.119. The Morgan fingerprint density at radius 2 is 2.04 bits per heavy atom. The van der Waals surface area contributed by atoms with E-state index in [-0.39, 0.29) is 5.91 Å². The van der Waals surface area contributed by atoms with Crippen LogP contribution in [0.4, 0.5) is 0 Å². The average Bonchev–Trinajstić information content (AvgIpc) is 3.28. The second-order valence-electron chi connectivity index (χ2n) is 6.15. The van der Waals surface area contributed by atoms with Gasteiger partial charge in [-0.25, -0.2) is 0 Å². The second kappa shape index (κ2) is 9.01. The van der Waals surface area contributed by atoms with Crippen molar-refractivity contribution in [3.8, 4) is 11.4 Å². The maximum absolute atomic E-state index is 12.2. The first-order valence-corrected chi connectivity index (χ1v) is 9.66. The van der Waals surface area contributed by atoms with Gasteiger partial charge in [0, 0.05) is 18.7 Å². The first-order chi connectivity index (χ1) is 12.3. The Hall–Kier alpha value is -1.86. The third-order valence-electron chi connectivity index (χ3n) is 4.32. The summed E-state index contributed by atoms with van der Waals surface area (Å²) in [5.74, 6) is 1.23. The summed E-state index contributed by atoms with van der Waals surface area (Å²) in [7, 11) is 1.68. The highest BCUT2D eigenvalue weighted by atomic mass is 32.2. The first kappa shape index (κ1) is 17.9. The molecule has 7 heteroatoms. The minimum atomic E-state index is 0.0689. The quantitative estimate of drug-likeness (QED) is 0.733. The average molecular weight is 360 g/mol. The number of carbonyl (C=O) groups is 1. The second-order valence-corrected chi connectivity index (χ2v) is 7.10. The lowest BCUT2D eigenvalue weighted by Crippen LogP contribution is -2.33. The van der Waals surface area contributed by atoms with Crippen LogP contribution >= 0.6 is 11.8 Å². The molecule has 1 N–H and O–H groups in total. The van der Waals surface area contributed by atoms with Gasteiger partial charge in [0.05, 0.1) is 18.9 Å². The lowest BCUT2D eigenvalue weighted by Gasteiger charge is -2.12. The van der Waals surface area contributed by atoms with Gasteiger partial charge in [0.15, 0.2) is 11.0 Å². The van der Waals surface area contributed by atoms with Crippen LogP contribution in [0.25, 0.3) is 11.4 Å². The molecule has 0 unspecified atom stereocenters. The van der Waals surface area contributed by atoms with E-state index in [2.05, 4.69) is 15.5 Å². The molecule has 1 amide bonds. The van der Waals surface area contributed by atoms with Gasteiger partial charge in [-0.1, -0.05) is 54.9 Å². The smallest absolute Gasteiger partial charge is 0.230 e. The normalized spacial score (nSPS) is 14.8. The number of aromatic nitrogens is 3. The van der Waals surface area contributed by atoms with Crippen LogP contribution in [0.1, 0.15) is 25.7 Å². The molecule has 1 aliphatic carbocycles. The molecule has 0 radical (unpaired) electrons. The minimum absolute atomic E-state index is 0.0689. The van der Waals surface area contributed by atoms with Gasteiger partial charge in [0.1, 0.15) is 0 Å². The van der Waals surface area contributed by atoms with E-state index < -0.39 is 0 Å². The molecule has 6 nitrogen and oxygen atoms in total. The number of thioether (sulfide) groups is 1. The van der Waals surface area contributed by atoms with Gasteiger partial charge in [-0.15, -0.1) is 10.2 Å². The summed E-state index contributed by atoms with van der Waals surface area (Å²) < 4.78 is 7.23. The van der Waals surface area contributed by atoms with Gasteiger partial charge >= 0.3 is 0 Å². The highest BCUT2D eigenvalue weighted by molar-refractivity contribution is 7.99. The van der Waals surface area contributed by atoms with Crippen LogP contribution < -0.4 is 5.32 Å². The van der Waals surface area contributed by atoms with Crippen LogP contribution in [0.15, 0.2) is 35.5 Å². The van der Waals surface area contributed by atoms with Crippen molar-refractivity contribution in [2.45, 2.75) is 43.4 Å². The van der Waals surface area contributed by atoms with Crippen molar-refractivity contribution in [3.05, 3.63) is 30.3 Å². The minimum Gasteiger partial charge on any atom is -0.383 e. The predicted octanol–water partition coefficient (Wildman–Crippen LogP) is 2.74. The molecule has 0 aliphatic heterocycles. The number of nitrogens with one attached hydrogen (secondary N) is 1. The SMILES string of the molecule is COCCn1c(SCC(=O)NC2CCCC2)nnc1-c1ccccc1. The highest BCUT2D eigenvalue weighted by Crippen LogP contribution is 2.24. The van der Waals surface area contributed by atoms with Crippen molar-refractivity contribution < 1.29 is 9.53 Å². The van der Waals surface area contributed by atoms with Crippen molar-refractivity contribution in [1.82, 2.24) is 20.1 Å². The zero-order valence-corrected chi connectivity index (χ0v) is 15.3. The van der Waals surface area contributed by atoms with Crippen molar-refractivity contribution in [3.63, 3.8) is 0 Å². The fraction of sp³-hybridized carbons (Fsp3) is 0.500. The van der Waals surface area contributed by atoms with Crippen LogP contribution in [0, 0.1) is 0 Å². The number of methoxy groups -OCH3 is 1. The molecule has 1 aromatic carbocycles. The van der Waals surface area contributed by atoms with Gasteiger partial charge in [-0.3, -0.25) is 9.36 Å². The highest BCUT2D eigenvalue weighted by Gasteiger charge is 2.19. The maximum atomic E-state index is 12.2. The number of carbonyl (C=O) groups excluding carboxylic acids is 1. The number of hydrogen-bond acceptors (Lipinski definition) is 5. The third kappa shape index (κ3) is 4.83. The molecule has 3 rings (SSSR count). The molecule has 1 aliphatic rings. The van der Waals surface area contributed by atoms with Gasteiger partial charge in [0.25, 0.3) is 0 Å². The summed E-state index contributed by atoms with van der Waals surface area (Å²) in [6, 6.07) is 10.3. The third-order valence-corrected chi connectivity index (χ3v) is 5.29. The van der Waals surface area contributed by atoms with E-state index in [9.17, 15) is 4.79 Å². The van der Waals surface area contributed by atoms with E-state index in [1.54, 1.807) is 7.11 Å². The molecule has 1 saturated carbocycles. The molecule has 1 fully saturated rings. The van der Waals surface area contributed by atoms with Gasteiger partial charge in [-0.05, 0) is 12.8 Å². The van der Waals surface area contributed by atoms with E-state index in [1.165, 1.54) is 24.6 Å². The number of rotatable bonds is 8. The number of hydrogen-bond donors (Lipinski definition) is 1. The summed E-state index contributed by atoms with van der Waals surface area (Å²) in [6.45, 7) is 1.22. The standard InChI is InChI=1S/C18H24N4O2S/c1-24-12-11-22-17(14-7-3-2-4-8-14)20-21-18(22)25-13-16(23)19-15-9-5-6-10-15/h2-4,7-8,15H,5-6,9-13H2,1H3,(H,19,23). The lowest BCUT2D eigenvalue weighted by atomic mass is 10.2. The summed E-state index contributed by atoms with van der Waals surface area (Å²) in [6.07, 6.45) is 4.62. The Morgan fingerprint density at radius 3 is 2.76 bits per heavy atom. The molecule has 25 heavy (non-hydrogen) atoms. The van der Waals surface area contributed by atoms with Crippen LogP contribution in [-0.2, 0) is 16.1 Å². The van der Waals surface area contributed by atoms with Crippen molar-refractivity contribution in [2.75, 3.05) is 19.5 Å². The molecular formula is C18H24N4O2S. The van der Waals surface area contributed by atoms with Crippen LogP contribution in [0.2, 0.25) is 0 Å². The summed E-state index contributed by atoms with van der Waals surface area (Å²) in [5, 5.41) is 12.5. The fourth-order valence-corrected chi connectivity index (χ4v) is 3.83. The van der Waals surface area contributed by atoms with Crippen molar-refractivity contribution >= 4 is 17.7 Å². The number of nitrogens with zero attached hydrogens (tertiary/aromatic N) is 3. The van der Waals surface area contributed by atoms with E-state index in [0.29, 0.717) is 24.9 Å². The van der Waals surface area contributed by atoms with Gasteiger partial charge in [0.2, 0.25) is 5.91 Å². The summed E-state index contributed by atoms with van der Waals surface area (Å²) >= 11 is 1.43. The zero-order valence-electron chi connectivity index (χ0n) is 14.5. The Balaban J connectivity index is 1.67. The van der Waals surface area contributed by atoms with Gasteiger partial charge < -0.3 is 10.1 Å². The van der Waals surface area contributed by atoms with Crippen molar-refractivity contribution in [1.29, 1.82) is 0 Å². The van der Waals surface area contributed by atoms with E-state index in [4.69, 9.17) is 4.74 Å². The Bertz CT molecular complexity index is 684. The van der Waals surface area contributed by atoms with Crippen LogP contribution in [0.5, 0.6) is 0 Å². The Morgan fingerprint density at radius 1 is 1.28 bits per heavy atom. The molecule has 134 valence electrons. The monoisotopic (exact) mass is 360 g/mol. The topological polar surface area (TPSA) is 69.0 Å². The first-order valence-electron chi connectivity index (χ1n) is 8.67. The van der Waals surface area contributed by atoms with E-state index >= 15 is 0 Å². The molecule has 1 aromatic heterocycles. The maximum Gasteiger partial charge on any atom is 0.230 e. The number of amides is 1. The molecule has 0 spiro atoms. The van der Waals surface area contributed by atoms with Crippen LogP contribution in [0.3, 0.4) is 0 Å².